The highest BCUT2D eigenvalue weighted by Crippen LogP contribution is 2.31. The van der Waals surface area contributed by atoms with Gasteiger partial charge in [0.15, 0.2) is 27.9 Å². The van der Waals surface area contributed by atoms with E-state index in [9.17, 15) is 52.8 Å². The van der Waals surface area contributed by atoms with Crippen LogP contribution in [0, 0.1) is 11.8 Å². The molecule has 0 saturated carbocycles. The maximum Gasteiger partial charge on any atom is 0.335 e. The molecule has 1 aromatic heterocycles. The molecule has 0 radical (unpaired) electrons. The van der Waals surface area contributed by atoms with Gasteiger partial charge in [-0.05, 0) is 38.4 Å². The molecule has 2 amide bonds. The number of rotatable bonds is 10. The summed E-state index contributed by atoms with van der Waals surface area (Å²) in [5.41, 5.74) is 0.210. The van der Waals surface area contributed by atoms with Gasteiger partial charge in [0, 0.05) is 32.0 Å². The van der Waals surface area contributed by atoms with Crippen LogP contribution in [0.3, 0.4) is 0 Å². The smallest absolute Gasteiger partial charge is 0.335 e. The van der Waals surface area contributed by atoms with Crippen LogP contribution in [0.15, 0.2) is 46.6 Å². The number of aliphatic hydroxyl groups excluding tert-OH is 3. The number of carboxylic acid groups (broad SMARTS) is 1. The molecule has 4 rings (SSSR count). The van der Waals surface area contributed by atoms with Crippen molar-refractivity contribution in [3.05, 3.63) is 53.8 Å². The van der Waals surface area contributed by atoms with Gasteiger partial charge in [-0.2, -0.15) is 0 Å². The van der Waals surface area contributed by atoms with E-state index in [2.05, 4.69) is 10.3 Å². The van der Waals surface area contributed by atoms with Crippen LogP contribution in [-0.4, -0.2) is 166 Å². The number of aliphatic hydroxyl groups is 3. The molecule has 19 nitrogen and oxygen atoms in total. The van der Waals surface area contributed by atoms with E-state index in [0.29, 0.717) is 18.7 Å². The lowest BCUT2D eigenvalue weighted by Gasteiger charge is -2.39. The van der Waals surface area contributed by atoms with Gasteiger partial charge in [0.05, 0.1) is 23.5 Å². The van der Waals surface area contributed by atoms with Crippen LogP contribution in [0.1, 0.15) is 70.8 Å². The van der Waals surface area contributed by atoms with Gasteiger partial charge in [0.2, 0.25) is 11.8 Å². The number of aromatic nitrogens is 1. The van der Waals surface area contributed by atoms with Crippen LogP contribution in [0.5, 0.6) is 0 Å². The van der Waals surface area contributed by atoms with E-state index in [4.69, 9.17) is 18.6 Å². The number of ketones is 1. The molecule has 3 aliphatic rings. The van der Waals surface area contributed by atoms with Crippen molar-refractivity contribution in [3.63, 3.8) is 0 Å². The first-order valence-electron chi connectivity index (χ1n) is 20.1. The second-order valence-corrected chi connectivity index (χ2v) is 17.9. The summed E-state index contributed by atoms with van der Waals surface area (Å²) in [6, 6.07) is -1.54. The molecule has 5 N–H and O–H groups in total. The molecule has 5 unspecified atom stereocenters. The van der Waals surface area contributed by atoms with Crippen molar-refractivity contribution in [3.8, 4) is 0 Å². The number of amides is 2. The predicted octanol–water partition coefficient (Wildman–Crippen LogP) is 0.186. The fourth-order valence-corrected chi connectivity index (χ4v) is 9.33. The van der Waals surface area contributed by atoms with Crippen molar-refractivity contribution < 1.29 is 71.4 Å². The summed E-state index contributed by atoms with van der Waals surface area (Å²) < 4.78 is 50.4. The summed E-state index contributed by atoms with van der Waals surface area (Å²) >= 11 is 0. The minimum absolute atomic E-state index is 0.0529. The van der Waals surface area contributed by atoms with E-state index >= 15 is 0 Å². The highest BCUT2D eigenvalue weighted by molar-refractivity contribution is 7.92. The standard InChI is InChI=1S/C40H58N4O15S/c1-7-43(8-2)16-17-60(54,55)28-13-15-44-31(28)39(53)58-35(22(3)4)24(6)11-12-29(46)41-14-9-10-23(5)18-26(19-25(45)20-30-42-27(21-56-30)37(44)50)57-40-34(49)32(47)33(48)36(59-40)38(51)52/h9-12,18,21-22,24,26,28,31-36,40,47-49H,7-8,13-17,19-20H2,1-6H3,(H,41,46)(H,51,52)/b10-9+,12-11+,23-18+/t24-,26-,28-,31-,32?,33?,34?,35-,36?,40?/m1/s1. The number of hydrogen-bond donors (Lipinski definition) is 5. The first kappa shape index (κ1) is 48.4. The lowest BCUT2D eigenvalue weighted by Crippen LogP contribution is -2.60. The summed E-state index contributed by atoms with van der Waals surface area (Å²) in [7, 11) is -3.97. The zero-order valence-electron chi connectivity index (χ0n) is 34.7. The Morgan fingerprint density at radius 3 is 2.43 bits per heavy atom. The normalized spacial score (nSPS) is 32.5. The van der Waals surface area contributed by atoms with Crippen LogP contribution in [0.2, 0.25) is 0 Å². The monoisotopic (exact) mass is 866 g/mol. The molecular weight excluding hydrogens is 809 g/mol. The van der Waals surface area contributed by atoms with Crippen LogP contribution in [-0.2, 0) is 49.6 Å². The largest absolute Gasteiger partial charge is 0.479 e. The molecule has 3 aliphatic heterocycles. The van der Waals surface area contributed by atoms with Crippen LogP contribution < -0.4 is 5.32 Å². The van der Waals surface area contributed by atoms with E-state index in [-0.39, 0.29) is 49.3 Å². The lowest BCUT2D eigenvalue weighted by molar-refractivity contribution is -0.300. The van der Waals surface area contributed by atoms with Gasteiger partial charge < -0.3 is 54.2 Å². The minimum atomic E-state index is -3.97. The van der Waals surface area contributed by atoms with Gasteiger partial charge in [-0.3, -0.25) is 14.4 Å². The third kappa shape index (κ3) is 12.4. The third-order valence-electron chi connectivity index (χ3n) is 10.8. The average molecular weight is 867 g/mol. The summed E-state index contributed by atoms with van der Waals surface area (Å²) in [5, 5.41) is 41.9. The Bertz CT molecular complexity index is 1890. The van der Waals surface area contributed by atoms with E-state index < -0.39 is 112 Å². The maximum absolute atomic E-state index is 14.2. The molecule has 0 aromatic carbocycles. The van der Waals surface area contributed by atoms with Gasteiger partial charge in [-0.15, -0.1) is 0 Å². The number of carbonyl (C=O) groups excluding carboxylic acids is 4. The molecule has 2 fully saturated rings. The average Bonchev–Trinajstić information content (AvgIpc) is 3.86. The molecule has 10 atom stereocenters. The fourth-order valence-electron chi connectivity index (χ4n) is 7.40. The molecule has 20 heteroatoms. The molecule has 2 saturated heterocycles. The first-order chi connectivity index (χ1) is 28.3. The fraction of sp³-hybridized carbons (Fsp3) is 0.650. The third-order valence-corrected chi connectivity index (χ3v) is 12.9. The van der Waals surface area contributed by atoms with Crippen molar-refractivity contribution in [2.75, 3.05) is 38.5 Å². The number of aliphatic carboxylic acids is 1. The Morgan fingerprint density at radius 2 is 1.78 bits per heavy atom. The summed E-state index contributed by atoms with van der Waals surface area (Å²) in [5.74, 6) is -5.67. The minimum Gasteiger partial charge on any atom is -0.479 e. The Labute approximate surface area is 349 Å². The summed E-state index contributed by atoms with van der Waals surface area (Å²) in [6.07, 6.45) is -4.09. The van der Waals surface area contributed by atoms with Crippen molar-refractivity contribution in [2.45, 2.75) is 115 Å². The van der Waals surface area contributed by atoms with Crippen molar-refractivity contribution >= 4 is 39.4 Å². The maximum atomic E-state index is 14.2. The zero-order valence-corrected chi connectivity index (χ0v) is 35.5. The molecular formula is C40H58N4O15S. The number of ether oxygens (including phenoxy) is 3. The number of nitrogens with zero attached hydrogens (tertiary/aromatic N) is 3. The summed E-state index contributed by atoms with van der Waals surface area (Å²) in [4.78, 5) is 73.4. The van der Waals surface area contributed by atoms with E-state index in [0.717, 1.165) is 11.2 Å². The quantitative estimate of drug-likeness (QED) is 0.196. The first-order valence-corrected chi connectivity index (χ1v) is 21.8. The van der Waals surface area contributed by atoms with E-state index in [1.54, 1.807) is 32.1 Å². The Kier molecular flexibility index (Phi) is 17.3. The number of nitrogens with one attached hydrogen (secondary N) is 1. The number of carbonyl (C=O) groups is 5. The van der Waals surface area contributed by atoms with Crippen molar-refractivity contribution in [2.24, 2.45) is 11.8 Å². The van der Waals surface area contributed by atoms with Crippen LogP contribution in [0.4, 0.5) is 0 Å². The molecule has 2 bridgehead atoms. The van der Waals surface area contributed by atoms with Crippen molar-refractivity contribution in [1.29, 1.82) is 0 Å². The molecule has 334 valence electrons. The molecule has 4 heterocycles. The highest BCUT2D eigenvalue weighted by Gasteiger charge is 2.51. The SMILES string of the molecule is CCN(CC)CCS(=O)(=O)[C@@H]1CCN2C(=O)c3coc(n3)CC(=O)C[C@H](OC3OC(C(=O)O)C(O)C(O)C3O)/C=C(C)/C=C/CNC(=O)/C=C/[C@@H](C)[C@@H](C(C)C)OC(=O)[C@@H]12. The van der Waals surface area contributed by atoms with Crippen LogP contribution in [0.25, 0.3) is 0 Å². The van der Waals surface area contributed by atoms with Gasteiger partial charge in [-0.25, -0.2) is 23.0 Å². The number of sulfone groups is 1. The number of esters is 1. The summed E-state index contributed by atoms with van der Waals surface area (Å²) in [6.45, 7) is 12.2. The van der Waals surface area contributed by atoms with E-state index in [1.807, 2.05) is 32.6 Å². The topological polar surface area (TPSA) is 273 Å². The number of fused-ring (bicyclic) bond motifs is 3. The number of oxazole rings is 1. The molecule has 1 aromatic rings. The lowest BCUT2D eigenvalue weighted by atomic mass is 9.94. The Morgan fingerprint density at radius 1 is 1.08 bits per heavy atom. The van der Waals surface area contributed by atoms with Gasteiger partial charge in [0.25, 0.3) is 5.91 Å². The molecule has 0 spiro atoms. The second kappa shape index (κ2) is 21.5. The van der Waals surface area contributed by atoms with E-state index in [1.165, 1.54) is 12.2 Å². The second-order valence-electron chi connectivity index (χ2n) is 15.5. The number of hydrogen-bond acceptors (Lipinski definition) is 16. The predicted molar refractivity (Wildman–Crippen MR) is 213 cm³/mol. The van der Waals surface area contributed by atoms with Crippen molar-refractivity contribution in [1.82, 2.24) is 20.1 Å². The Balaban J connectivity index is 1.69. The highest BCUT2D eigenvalue weighted by atomic mass is 32.2. The van der Waals surface area contributed by atoms with Gasteiger partial charge >= 0.3 is 11.9 Å². The molecule has 0 aliphatic carbocycles. The number of cyclic esters (lactones) is 1. The van der Waals surface area contributed by atoms with Gasteiger partial charge in [-0.1, -0.05) is 64.5 Å². The number of carboxylic acids is 1. The Hall–Kier alpha value is -4.31. The van der Waals surface area contributed by atoms with Crippen LogP contribution >= 0.6 is 0 Å². The van der Waals surface area contributed by atoms with Gasteiger partial charge in [0.1, 0.15) is 42.5 Å². The number of allylic oxidation sites excluding steroid dienone is 2. The number of Topliss-reactive ketones (excluding diaryl/α,β-unsaturated/α-hetero) is 1. The molecule has 60 heavy (non-hydrogen) atoms. The zero-order chi connectivity index (χ0) is 44.5.